The molecular weight excluding hydrogens is 400 g/mol. The molecule has 7 nitrogen and oxygen atoms in total. The van der Waals surface area contributed by atoms with Crippen LogP contribution in [-0.4, -0.2) is 65.2 Å². The van der Waals surface area contributed by atoms with Crippen molar-refractivity contribution in [3.8, 4) is 0 Å². The van der Waals surface area contributed by atoms with Gasteiger partial charge in [-0.25, -0.2) is 4.98 Å². The zero-order chi connectivity index (χ0) is 19.4. The second-order valence-electron chi connectivity index (χ2n) is 6.41. The Morgan fingerprint density at radius 2 is 1.75 bits per heavy atom. The second-order valence-corrected chi connectivity index (χ2v) is 7.42. The highest BCUT2D eigenvalue weighted by atomic mass is 35.5. The predicted molar refractivity (Wildman–Crippen MR) is 113 cm³/mol. The lowest BCUT2D eigenvalue weighted by atomic mass is 10.3. The molecular formula is C19H25ClN4O3S. The molecule has 28 heavy (non-hydrogen) atoms. The number of rotatable bonds is 8. The number of carbonyl (C=O) groups excluding carboxylic acids is 3. The van der Waals surface area contributed by atoms with Gasteiger partial charge in [-0.2, -0.15) is 0 Å². The fourth-order valence-electron chi connectivity index (χ4n) is 3.10. The molecule has 2 aromatic rings. The normalized spacial score (nSPS) is 14.0. The van der Waals surface area contributed by atoms with Crippen molar-refractivity contribution in [2.24, 2.45) is 0 Å². The molecule has 1 aromatic heterocycles. The molecule has 0 aliphatic carbocycles. The molecule has 3 rings (SSSR count). The van der Waals surface area contributed by atoms with E-state index in [1.807, 2.05) is 24.3 Å². The zero-order valence-corrected chi connectivity index (χ0v) is 17.7. The highest BCUT2D eigenvalue weighted by Crippen LogP contribution is 2.29. The van der Waals surface area contributed by atoms with Crippen LogP contribution in [0.5, 0.6) is 0 Å². The SMILES string of the molecule is CCN(CC)CCN(C(=O)CN1C(=O)CCC1=O)c1nc2ccccc2s1.Cl. The highest BCUT2D eigenvalue weighted by Gasteiger charge is 2.32. The summed E-state index contributed by atoms with van der Waals surface area (Å²) in [6.07, 6.45) is 0.374. The van der Waals surface area contributed by atoms with E-state index in [2.05, 4.69) is 23.7 Å². The maximum absolute atomic E-state index is 13.0. The summed E-state index contributed by atoms with van der Waals surface area (Å²) in [5, 5.41) is 0.604. The molecule has 0 bridgehead atoms. The van der Waals surface area contributed by atoms with Crippen LogP contribution < -0.4 is 4.90 Å². The smallest absolute Gasteiger partial charge is 0.248 e. The summed E-state index contributed by atoms with van der Waals surface area (Å²) in [6, 6.07) is 7.73. The van der Waals surface area contributed by atoms with Crippen molar-refractivity contribution < 1.29 is 14.4 Å². The van der Waals surface area contributed by atoms with Crippen molar-refractivity contribution in [1.29, 1.82) is 0 Å². The number of fused-ring (bicyclic) bond motifs is 1. The number of para-hydroxylation sites is 1. The number of anilines is 1. The van der Waals surface area contributed by atoms with Crippen LogP contribution in [0.2, 0.25) is 0 Å². The lowest BCUT2D eigenvalue weighted by Crippen LogP contribution is -2.45. The molecule has 1 aliphatic rings. The monoisotopic (exact) mass is 424 g/mol. The molecule has 3 amide bonds. The summed E-state index contributed by atoms with van der Waals surface area (Å²) < 4.78 is 1.00. The van der Waals surface area contributed by atoms with Crippen molar-refractivity contribution >= 4 is 56.8 Å². The topological polar surface area (TPSA) is 73.8 Å². The number of likely N-dealkylation sites (N-methyl/N-ethyl adjacent to an activating group) is 1. The van der Waals surface area contributed by atoms with Gasteiger partial charge in [0.2, 0.25) is 17.7 Å². The third-order valence-corrected chi connectivity index (χ3v) is 5.86. The Kier molecular flexibility index (Phi) is 7.91. The Labute approximate surface area is 174 Å². The second kappa shape index (κ2) is 9.95. The number of likely N-dealkylation sites (tertiary alicyclic amines) is 1. The minimum Gasteiger partial charge on any atom is -0.302 e. The Morgan fingerprint density at radius 3 is 2.36 bits per heavy atom. The van der Waals surface area contributed by atoms with Gasteiger partial charge in [-0.15, -0.1) is 12.4 Å². The number of imide groups is 1. The van der Waals surface area contributed by atoms with Crippen LogP contribution >= 0.6 is 23.7 Å². The number of aromatic nitrogens is 1. The summed E-state index contributed by atoms with van der Waals surface area (Å²) >= 11 is 1.45. The summed E-state index contributed by atoms with van der Waals surface area (Å²) in [6.45, 7) is 6.89. The number of amides is 3. The van der Waals surface area contributed by atoms with Gasteiger partial charge in [-0.1, -0.05) is 37.3 Å². The van der Waals surface area contributed by atoms with E-state index in [4.69, 9.17) is 0 Å². The van der Waals surface area contributed by atoms with Gasteiger partial charge in [0.15, 0.2) is 5.13 Å². The predicted octanol–water partition coefficient (Wildman–Crippen LogP) is 2.54. The fraction of sp³-hybridized carbons (Fsp3) is 0.474. The molecule has 1 aromatic carbocycles. The first kappa shape index (κ1) is 22.3. The molecule has 1 fully saturated rings. The van der Waals surface area contributed by atoms with E-state index >= 15 is 0 Å². The van der Waals surface area contributed by atoms with E-state index in [-0.39, 0.29) is 49.5 Å². The van der Waals surface area contributed by atoms with Crippen molar-refractivity contribution in [3.05, 3.63) is 24.3 Å². The Morgan fingerprint density at radius 1 is 1.11 bits per heavy atom. The molecule has 0 atom stereocenters. The third kappa shape index (κ3) is 4.87. The number of hydrogen-bond donors (Lipinski definition) is 0. The first-order chi connectivity index (χ1) is 13.0. The van der Waals surface area contributed by atoms with Crippen LogP contribution in [0.15, 0.2) is 24.3 Å². The van der Waals surface area contributed by atoms with Crippen molar-refractivity contribution in [1.82, 2.24) is 14.8 Å². The van der Waals surface area contributed by atoms with Crippen LogP contribution in [-0.2, 0) is 14.4 Å². The Bertz CT molecular complexity index is 804. The number of thiazole rings is 1. The van der Waals surface area contributed by atoms with Gasteiger partial charge in [0.05, 0.1) is 10.2 Å². The molecule has 1 saturated heterocycles. The standard InChI is InChI=1S/C19H24N4O3S.ClH/c1-3-21(4-2)11-12-22(18(26)13-23-16(24)9-10-17(23)25)19-20-14-7-5-6-8-15(14)27-19;/h5-8H,3-4,9-13H2,1-2H3;1H. The summed E-state index contributed by atoms with van der Waals surface area (Å²) in [7, 11) is 0. The third-order valence-electron chi connectivity index (χ3n) is 4.80. The minimum atomic E-state index is -0.277. The number of benzene rings is 1. The lowest BCUT2D eigenvalue weighted by molar-refractivity contribution is -0.141. The maximum atomic E-state index is 13.0. The van der Waals surface area contributed by atoms with Gasteiger partial charge in [-0.05, 0) is 25.2 Å². The van der Waals surface area contributed by atoms with E-state index in [1.165, 1.54) is 11.3 Å². The largest absolute Gasteiger partial charge is 0.302 e. The summed E-state index contributed by atoms with van der Waals surface area (Å²) in [5.41, 5.74) is 0.839. The van der Waals surface area contributed by atoms with Crippen LogP contribution in [0.4, 0.5) is 5.13 Å². The van der Waals surface area contributed by atoms with Crippen LogP contribution in [0.1, 0.15) is 26.7 Å². The van der Waals surface area contributed by atoms with Crippen molar-refractivity contribution in [2.75, 3.05) is 37.6 Å². The van der Waals surface area contributed by atoms with Crippen LogP contribution in [0, 0.1) is 0 Å². The molecule has 0 radical (unpaired) electrons. The van der Waals surface area contributed by atoms with Gasteiger partial charge in [0.25, 0.3) is 0 Å². The average molecular weight is 425 g/mol. The summed E-state index contributed by atoms with van der Waals surface area (Å²) in [4.78, 5) is 46.3. The molecule has 2 heterocycles. The number of hydrogen-bond acceptors (Lipinski definition) is 6. The molecule has 1 aliphatic heterocycles. The van der Waals surface area contributed by atoms with Gasteiger partial charge >= 0.3 is 0 Å². The molecule has 0 spiro atoms. The number of carbonyl (C=O) groups is 3. The Hall–Kier alpha value is -2.03. The molecule has 0 unspecified atom stereocenters. The first-order valence-electron chi connectivity index (χ1n) is 9.25. The highest BCUT2D eigenvalue weighted by molar-refractivity contribution is 7.22. The summed E-state index contributed by atoms with van der Waals surface area (Å²) in [5.74, 6) is -0.826. The van der Waals surface area contributed by atoms with Crippen LogP contribution in [0.3, 0.4) is 0 Å². The van der Waals surface area contributed by atoms with Crippen molar-refractivity contribution in [2.45, 2.75) is 26.7 Å². The van der Waals surface area contributed by atoms with Gasteiger partial charge in [0, 0.05) is 25.9 Å². The van der Waals surface area contributed by atoms with E-state index in [9.17, 15) is 14.4 Å². The number of halogens is 1. The van der Waals surface area contributed by atoms with Gasteiger partial charge < -0.3 is 4.90 Å². The molecule has 0 N–H and O–H groups in total. The zero-order valence-electron chi connectivity index (χ0n) is 16.1. The average Bonchev–Trinajstić information content (AvgIpc) is 3.23. The van der Waals surface area contributed by atoms with E-state index in [1.54, 1.807) is 4.90 Å². The van der Waals surface area contributed by atoms with E-state index in [0.717, 1.165) is 28.2 Å². The molecule has 9 heteroatoms. The Balaban J connectivity index is 0.00000280. The van der Waals surface area contributed by atoms with Gasteiger partial charge in [-0.3, -0.25) is 24.2 Å². The van der Waals surface area contributed by atoms with E-state index in [0.29, 0.717) is 18.2 Å². The van der Waals surface area contributed by atoms with Crippen LogP contribution in [0.25, 0.3) is 10.2 Å². The number of nitrogens with zero attached hydrogens (tertiary/aromatic N) is 4. The molecule has 152 valence electrons. The fourth-order valence-corrected chi connectivity index (χ4v) is 4.11. The quantitative estimate of drug-likeness (QED) is 0.609. The van der Waals surface area contributed by atoms with Crippen molar-refractivity contribution in [3.63, 3.8) is 0 Å². The lowest BCUT2D eigenvalue weighted by Gasteiger charge is -2.26. The first-order valence-corrected chi connectivity index (χ1v) is 10.1. The minimum absolute atomic E-state index is 0. The maximum Gasteiger partial charge on any atom is 0.248 e. The van der Waals surface area contributed by atoms with Gasteiger partial charge in [0.1, 0.15) is 6.54 Å². The van der Waals surface area contributed by atoms with E-state index < -0.39 is 0 Å². The molecule has 0 saturated carbocycles.